The predicted octanol–water partition coefficient (Wildman–Crippen LogP) is 5.17. The zero-order valence-electron chi connectivity index (χ0n) is 13.4. The van der Waals surface area contributed by atoms with Crippen LogP contribution < -0.4 is 4.74 Å². The molecule has 3 aromatic carbocycles. The molecule has 0 fully saturated rings. The lowest BCUT2D eigenvalue weighted by Crippen LogP contribution is -2.02. The molecule has 0 spiro atoms. The Morgan fingerprint density at radius 2 is 1.48 bits per heavy atom. The van der Waals surface area contributed by atoms with Crippen LogP contribution in [-0.2, 0) is 0 Å². The Kier molecular flexibility index (Phi) is 4.53. The van der Waals surface area contributed by atoms with Crippen molar-refractivity contribution in [2.75, 3.05) is 7.11 Å². The van der Waals surface area contributed by atoms with Crippen LogP contribution in [0, 0.1) is 6.92 Å². The van der Waals surface area contributed by atoms with E-state index in [-0.39, 0.29) is 0 Å². The number of hydrogen-bond acceptors (Lipinski definition) is 2. The molecular formula is C21H19NO. The molecule has 0 heterocycles. The van der Waals surface area contributed by atoms with Gasteiger partial charge in [-0.05, 0) is 48.9 Å². The largest absolute Gasteiger partial charge is 0.497 e. The lowest BCUT2D eigenvalue weighted by atomic mass is 10.0. The minimum absolute atomic E-state index is 0.844. The molecule has 114 valence electrons. The molecule has 0 aliphatic carbocycles. The van der Waals surface area contributed by atoms with Crippen molar-refractivity contribution in [2.24, 2.45) is 4.99 Å². The number of rotatable bonds is 4. The summed E-state index contributed by atoms with van der Waals surface area (Å²) in [5.41, 5.74) is 5.28. The van der Waals surface area contributed by atoms with E-state index in [0.29, 0.717) is 0 Å². The van der Waals surface area contributed by atoms with Gasteiger partial charge in [0, 0.05) is 11.1 Å². The van der Waals surface area contributed by atoms with Crippen molar-refractivity contribution in [1.29, 1.82) is 0 Å². The van der Waals surface area contributed by atoms with Gasteiger partial charge in [0.1, 0.15) is 5.75 Å². The third-order valence-electron chi connectivity index (χ3n) is 3.65. The van der Waals surface area contributed by atoms with Crippen molar-refractivity contribution >= 4 is 11.4 Å². The Labute approximate surface area is 137 Å². The van der Waals surface area contributed by atoms with Crippen LogP contribution >= 0.6 is 0 Å². The van der Waals surface area contributed by atoms with Gasteiger partial charge in [0.2, 0.25) is 0 Å². The second-order valence-electron chi connectivity index (χ2n) is 5.39. The SMILES string of the molecule is COc1ccc(C(=Nc2cccc(C)c2)c2ccccc2)cc1. The maximum atomic E-state index is 5.25. The van der Waals surface area contributed by atoms with Crippen LogP contribution in [0.5, 0.6) is 5.75 Å². The molecular weight excluding hydrogens is 282 g/mol. The third kappa shape index (κ3) is 3.67. The summed E-state index contributed by atoms with van der Waals surface area (Å²) in [4.78, 5) is 4.89. The van der Waals surface area contributed by atoms with Crippen LogP contribution in [0.15, 0.2) is 83.9 Å². The van der Waals surface area contributed by atoms with E-state index in [1.54, 1.807) is 7.11 Å². The van der Waals surface area contributed by atoms with Crippen LogP contribution in [-0.4, -0.2) is 12.8 Å². The van der Waals surface area contributed by atoms with Gasteiger partial charge in [-0.15, -0.1) is 0 Å². The molecule has 0 radical (unpaired) electrons. The Balaban J connectivity index is 2.10. The monoisotopic (exact) mass is 301 g/mol. The second-order valence-corrected chi connectivity index (χ2v) is 5.39. The van der Waals surface area contributed by atoms with Gasteiger partial charge in [-0.25, -0.2) is 4.99 Å². The molecule has 0 aliphatic heterocycles. The van der Waals surface area contributed by atoms with Gasteiger partial charge in [-0.3, -0.25) is 0 Å². The normalized spacial score (nSPS) is 11.3. The van der Waals surface area contributed by atoms with Crippen molar-refractivity contribution < 1.29 is 4.74 Å². The van der Waals surface area contributed by atoms with Crippen LogP contribution in [0.4, 0.5) is 5.69 Å². The van der Waals surface area contributed by atoms with Crippen molar-refractivity contribution in [2.45, 2.75) is 6.92 Å². The Bertz CT molecular complexity index is 805. The minimum atomic E-state index is 0.844. The van der Waals surface area contributed by atoms with Crippen molar-refractivity contribution in [3.8, 4) is 5.75 Å². The highest BCUT2D eigenvalue weighted by atomic mass is 16.5. The summed E-state index contributed by atoms with van der Waals surface area (Å²) in [6.45, 7) is 2.08. The fourth-order valence-corrected chi connectivity index (χ4v) is 2.47. The van der Waals surface area contributed by atoms with Gasteiger partial charge in [0.15, 0.2) is 0 Å². The minimum Gasteiger partial charge on any atom is -0.497 e. The van der Waals surface area contributed by atoms with E-state index in [4.69, 9.17) is 9.73 Å². The highest BCUT2D eigenvalue weighted by Crippen LogP contribution is 2.21. The van der Waals surface area contributed by atoms with Gasteiger partial charge in [-0.1, -0.05) is 42.5 Å². The maximum Gasteiger partial charge on any atom is 0.118 e. The average Bonchev–Trinajstić information content (AvgIpc) is 2.61. The molecule has 0 bridgehead atoms. The number of ether oxygens (including phenoxy) is 1. The second kappa shape index (κ2) is 6.93. The van der Waals surface area contributed by atoms with Gasteiger partial charge in [0.25, 0.3) is 0 Å². The van der Waals surface area contributed by atoms with Gasteiger partial charge < -0.3 is 4.74 Å². The first-order chi connectivity index (χ1) is 11.3. The lowest BCUT2D eigenvalue weighted by Gasteiger charge is -2.09. The number of methoxy groups -OCH3 is 1. The number of nitrogens with zero attached hydrogens (tertiary/aromatic N) is 1. The molecule has 23 heavy (non-hydrogen) atoms. The average molecular weight is 301 g/mol. The summed E-state index contributed by atoms with van der Waals surface area (Å²) < 4.78 is 5.25. The van der Waals surface area contributed by atoms with Crippen molar-refractivity contribution in [1.82, 2.24) is 0 Å². The van der Waals surface area contributed by atoms with E-state index in [1.165, 1.54) is 5.56 Å². The number of aliphatic imine (C=N–C) groups is 1. The first-order valence-electron chi connectivity index (χ1n) is 7.61. The van der Waals surface area contributed by atoms with E-state index >= 15 is 0 Å². The summed E-state index contributed by atoms with van der Waals surface area (Å²) in [7, 11) is 1.67. The van der Waals surface area contributed by atoms with Crippen LogP contribution in [0.1, 0.15) is 16.7 Å². The summed E-state index contributed by atoms with van der Waals surface area (Å²) in [5.74, 6) is 0.844. The molecule has 0 saturated carbocycles. The fraction of sp³-hybridized carbons (Fsp3) is 0.0952. The third-order valence-corrected chi connectivity index (χ3v) is 3.65. The smallest absolute Gasteiger partial charge is 0.118 e. The highest BCUT2D eigenvalue weighted by molar-refractivity contribution is 6.14. The van der Waals surface area contributed by atoms with Crippen LogP contribution in [0.25, 0.3) is 0 Å². The van der Waals surface area contributed by atoms with Crippen LogP contribution in [0.3, 0.4) is 0 Å². The first kappa shape index (κ1) is 15.0. The molecule has 3 aromatic rings. The molecule has 0 aliphatic rings. The zero-order valence-corrected chi connectivity index (χ0v) is 13.4. The Hall–Kier alpha value is -2.87. The fourth-order valence-electron chi connectivity index (χ4n) is 2.47. The topological polar surface area (TPSA) is 21.6 Å². The number of benzene rings is 3. The zero-order chi connectivity index (χ0) is 16.1. The van der Waals surface area contributed by atoms with Gasteiger partial charge >= 0.3 is 0 Å². The van der Waals surface area contributed by atoms with E-state index in [1.807, 2.05) is 54.6 Å². The predicted molar refractivity (Wildman–Crippen MR) is 95.9 cm³/mol. The number of aryl methyl sites for hydroxylation is 1. The quantitative estimate of drug-likeness (QED) is 0.609. The summed E-state index contributed by atoms with van der Waals surface area (Å²) >= 11 is 0. The van der Waals surface area contributed by atoms with E-state index < -0.39 is 0 Å². The standard InChI is InChI=1S/C21H19NO/c1-16-7-6-10-19(15-16)22-21(17-8-4-3-5-9-17)18-11-13-20(23-2)14-12-18/h3-15H,1-2H3. The first-order valence-corrected chi connectivity index (χ1v) is 7.61. The van der Waals surface area contributed by atoms with Crippen molar-refractivity contribution in [3.63, 3.8) is 0 Å². The molecule has 2 heteroatoms. The number of hydrogen-bond donors (Lipinski definition) is 0. The molecule has 0 unspecified atom stereocenters. The molecule has 0 amide bonds. The van der Waals surface area contributed by atoms with Gasteiger partial charge in [0.05, 0.1) is 18.5 Å². The van der Waals surface area contributed by atoms with Crippen LogP contribution in [0.2, 0.25) is 0 Å². The summed E-state index contributed by atoms with van der Waals surface area (Å²) in [6.07, 6.45) is 0. The highest BCUT2D eigenvalue weighted by Gasteiger charge is 2.07. The van der Waals surface area contributed by atoms with E-state index in [0.717, 1.165) is 28.3 Å². The molecule has 0 N–H and O–H groups in total. The maximum absolute atomic E-state index is 5.25. The Morgan fingerprint density at radius 3 is 2.13 bits per heavy atom. The molecule has 0 saturated heterocycles. The lowest BCUT2D eigenvalue weighted by molar-refractivity contribution is 0.415. The van der Waals surface area contributed by atoms with Crippen molar-refractivity contribution in [3.05, 3.63) is 95.6 Å². The molecule has 0 atom stereocenters. The van der Waals surface area contributed by atoms with E-state index in [2.05, 4.69) is 31.2 Å². The molecule has 2 nitrogen and oxygen atoms in total. The van der Waals surface area contributed by atoms with E-state index in [9.17, 15) is 0 Å². The molecule has 0 aromatic heterocycles. The summed E-state index contributed by atoms with van der Waals surface area (Å²) in [5, 5.41) is 0. The Morgan fingerprint density at radius 1 is 0.783 bits per heavy atom. The molecule has 3 rings (SSSR count). The van der Waals surface area contributed by atoms with Gasteiger partial charge in [-0.2, -0.15) is 0 Å². The summed E-state index contributed by atoms with van der Waals surface area (Å²) in [6, 6.07) is 26.5.